The molecule has 1 aromatic heterocycles. The van der Waals surface area contributed by atoms with Crippen molar-refractivity contribution in [2.75, 3.05) is 13.1 Å². The molecule has 2 aromatic carbocycles. The molecule has 3 heterocycles. The van der Waals surface area contributed by atoms with Crippen LogP contribution in [0.2, 0.25) is 0 Å². The van der Waals surface area contributed by atoms with Gasteiger partial charge in [0.2, 0.25) is 5.91 Å². The van der Waals surface area contributed by atoms with Crippen LogP contribution in [0.1, 0.15) is 48.1 Å². The summed E-state index contributed by atoms with van der Waals surface area (Å²) in [5.41, 5.74) is 4.05. The molecule has 7 heteroatoms. The quantitative estimate of drug-likeness (QED) is 0.630. The zero-order valence-corrected chi connectivity index (χ0v) is 19.9. The molecular weight excluding hydrogens is 426 g/mol. The standard InChI is InChI=1S/C27H33N5O2/c1-21-7-9-22(10-8-21)18-31-15-12-27(13-16-31)11-4-14-32-19-24(29-30-32)20-34-25-6-3-2-5-23(25)17-28-26(27)33/h2-3,5-10,19H,4,11-18,20H2,1H3,(H,28,33). The maximum atomic E-state index is 13.6. The summed E-state index contributed by atoms with van der Waals surface area (Å²) in [5.74, 6) is 0.935. The molecule has 2 aliphatic rings. The number of amides is 1. The number of para-hydroxylation sites is 1. The lowest BCUT2D eigenvalue weighted by molar-refractivity contribution is -0.135. The molecule has 3 aromatic rings. The first-order valence-electron chi connectivity index (χ1n) is 12.3. The molecule has 2 bridgehead atoms. The van der Waals surface area contributed by atoms with Gasteiger partial charge >= 0.3 is 0 Å². The zero-order chi connectivity index (χ0) is 23.4. The van der Waals surface area contributed by atoms with Crippen molar-refractivity contribution >= 4 is 5.91 Å². The SMILES string of the molecule is Cc1ccc(CN2CCC3(CCCn4cc(nn4)COc4ccccc4CNC3=O)CC2)cc1. The first-order valence-corrected chi connectivity index (χ1v) is 12.3. The summed E-state index contributed by atoms with van der Waals surface area (Å²) in [5, 5.41) is 11.8. The number of hydrogen-bond acceptors (Lipinski definition) is 5. The van der Waals surface area contributed by atoms with E-state index >= 15 is 0 Å². The van der Waals surface area contributed by atoms with E-state index in [1.807, 2.05) is 35.1 Å². The Labute approximate surface area is 201 Å². The number of aryl methyl sites for hydroxylation is 2. The van der Waals surface area contributed by atoms with Crippen molar-refractivity contribution in [3.63, 3.8) is 0 Å². The minimum atomic E-state index is -0.354. The maximum Gasteiger partial charge on any atom is 0.226 e. The molecule has 1 N–H and O–H groups in total. The van der Waals surface area contributed by atoms with Gasteiger partial charge in [0.15, 0.2) is 0 Å². The Kier molecular flexibility index (Phi) is 6.63. The number of benzene rings is 2. The summed E-state index contributed by atoms with van der Waals surface area (Å²) >= 11 is 0. The van der Waals surface area contributed by atoms with Gasteiger partial charge in [-0.05, 0) is 57.3 Å². The number of piperidine rings is 1. The monoisotopic (exact) mass is 459 g/mol. The van der Waals surface area contributed by atoms with Crippen molar-refractivity contribution in [3.8, 4) is 5.75 Å². The van der Waals surface area contributed by atoms with Crippen molar-refractivity contribution in [3.05, 3.63) is 77.1 Å². The zero-order valence-electron chi connectivity index (χ0n) is 19.9. The van der Waals surface area contributed by atoms with Crippen molar-refractivity contribution in [1.29, 1.82) is 0 Å². The van der Waals surface area contributed by atoms with Crippen molar-refractivity contribution < 1.29 is 9.53 Å². The molecule has 5 rings (SSSR count). The number of nitrogens with one attached hydrogen (secondary N) is 1. The lowest BCUT2D eigenvalue weighted by atomic mass is 9.73. The van der Waals surface area contributed by atoms with Gasteiger partial charge in [0.1, 0.15) is 18.1 Å². The van der Waals surface area contributed by atoms with Crippen LogP contribution in [0.4, 0.5) is 0 Å². The van der Waals surface area contributed by atoms with E-state index in [4.69, 9.17) is 4.74 Å². The van der Waals surface area contributed by atoms with Gasteiger partial charge in [0, 0.05) is 25.2 Å². The third kappa shape index (κ3) is 5.14. The van der Waals surface area contributed by atoms with Crippen LogP contribution in [0.3, 0.4) is 0 Å². The first-order chi connectivity index (χ1) is 16.6. The van der Waals surface area contributed by atoms with Gasteiger partial charge in [-0.2, -0.15) is 0 Å². The van der Waals surface area contributed by atoms with Crippen LogP contribution in [0.5, 0.6) is 5.75 Å². The fraction of sp³-hybridized carbons (Fsp3) is 0.444. The van der Waals surface area contributed by atoms with E-state index in [-0.39, 0.29) is 11.3 Å². The van der Waals surface area contributed by atoms with Gasteiger partial charge in [0.25, 0.3) is 0 Å². The second-order valence-corrected chi connectivity index (χ2v) is 9.70. The number of fused-ring (bicyclic) bond motifs is 3. The van der Waals surface area contributed by atoms with E-state index in [1.54, 1.807) is 0 Å². The Balaban J connectivity index is 1.31. The first kappa shape index (κ1) is 22.6. The van der Waals surface area contributed by atoms with Gasteiger partial charge in [-0.3, -0.25) is 14.4 Å². The Morgan fingerprint density at radius 1 is 1.03 bits per heavy atom. The van der Waals surface area contributed by atoms with Crippen LogP contribution in [0, 0.1) is 12.3 Å². The van der Waals surface area contributed by atoms with Crippen LogP contribution < -0.4 is 10.1 Å². The number of rotatable bonds is 2. The highest BCUT2D eigenvalue weighted by molar-refractivity contribution is 5.82. The van der Waals surface area contributed by atoms with Crippen molar-refractivity contribution in [2.45, 2.75) is 58.8 Å². The number of nitrogens with zero attached hydrogens (tertiary/aromatic N) is 4. The summed E-state index contributed by atoms with van der Waals surface area (Å²) in [6.45, 7) is 6.49. The number of hydrogen-bond donors (Lipinski definition) is 1. The third-order valence-electron chi connectivity index (χ3n) is 7.24. The second-order valence-electron chi connectivity index (χ2n) is 9.70. The molecule has 0 saturated carbocycles. The summed E-state index contributed by atoms with van der Waals surface area (Å²) < 4.78 is 7.88. The predicted molar refractivity (Wildman–Crippen MR) is 130 cm³/mol. The van der Waals surface area contributed by atoms with E-state index in [9.17, 15) is 4.79 Å². The van der Waals surface area contributed by atoms with Crippen LogP contribution in [-0.4, -0.2) is 38.9 Å². The maximum absolute atomic E-state index is 13.6. The molecular formula is C27H33N5O2. The van der Waals surface area contributed by atoms with Crippen molar-refractivity contribution in [2.24, 2.45) is 5.41 Å². The summed E-state index contributed by atoms with van der Waals surface area (Å²) in [6, 6.07) is 16.6. The van der Waals surface area contributed by atoms with E-state index in [2.05, 4.69) is 51.7 Å². The minimum Gasteiger partial charge on any atom is -0.487 e. The number of carbonyl (C=O) groups is 1. The van der Waals surface area contributed by atoms with E-state index in [0.717, 1.165) is 68.9 Å². The summed E-state index contributed by atoms with van der Waals surface area (Å²) in [7, 11) is 0. The van der Waals surface area contributed by atoms with Gasteiger partial charge < -0.3 is 10.1 Å². The van der Waals surface area contributed by atoms with Gasteiger partial charge in [-0.25, -0.2) is 0 Å². The Bertz CT molecular complexity index is 1120. The molecule has 178 valence electrons. The van der Waals surface area contributed by atoms with Crippen molar-refractivity contribution in [1.82, 2.24) is 25.2 Å². The molecule has 0 unspecified atom stereocenters. The Morgan fingerprint density at radius 2 is 1.82 bits per heavy atom. The lowest BCUT2D eigenvalue weighted by Crippen LogP contribution is -2.48. The summed E-state index contributed by atoms with van der Waals surface area (Å²) in [4.78, 5) is 16.1. The van der Waals surface area contributed by atoms with E-state index in [1.165, 1.54) is 11.1 Å². The highest BCUT2D eigenvalue weighted by Crippen LogP contribution is 2.37. The Hall–Kier alpha value is -3.19. The normalized spacial score (nSPS) is 19.0. The molecule has 0 radical (unpaired) electrons. The molecule has 1 spiro atoms. The largest absolute Gasteiger partial charge is 0.487 e. The molecule has 34 heavy (non-hydrogen) atoms. The molecule has 0 aliphatic carbocycles. The van der Waals surface area contributed by atoms with Gasteiger partial charge in [-0.1, -0.05) is 53.2 Å². The molecule has 1 amide bonds. The van der Waals surface area contributed by atoms with Gasteiger partial charge in [-0.15, -0.1) is 5.10 Å². The van der Waals surface area contributed by atoms with Crippen LogP contribution in [-0.2, 0) is 31.0 Å². The third-order valence-corrected chi connectivity index (χ3v) is 7.24. The number of carbonyl (C=O) groups excluding carboxylic acids is 1. The van der Waals surface area contributed by atoms with E-state index in [0.29, 0.717) is 13.2 Å². The highest BCUT2D eigenvalue weighted by atomic mass is 16.5. The molecule has 1 fully saturated rings. The average molecular weight is 460 g/mol. The number of ether oxygens (including phenoxy) is 1. The van der Waals surface area contributed by atoms with Crippen LogP contribution in [0.25, 0.3) is 0 Å². The topological polar surface area (TPSA) is 72.3 Å². The second kappa shape index (κ2) is 9.97. The average Bonchev–Trinajstić information content (AvgIpc) is 3.31. The van der Waals surface area contributed by atoms with E-state index < -0.39 is 0 Å². The molecule has 1 saturated heterocycles. The lowest BCUT2D eigenvalue weighted by Gasteiger charge is -2.41. The fourth-order valence-corrected chi connectivity index (χ4v) is 5.08. The molecule has 2 aliphatic heterocycles. The fourth-order valence-electron chi connectivity index (χ4n) is 5.08. The smallest absolute Gasteiger partial charge is 0.226 e. The highest BCUT2D eigenvalue weighted by Gasteiger charge is 2.40. The number of likely N-dealkylation sites (tertiary alicyclic amines) is 1. The Morgan fingerprint density at radius 3 is 2.65 bits per heavy atom. The predicted octanol–water partition coefficient (Wildman–Crippen LogP) is 3.86. The molecule has 0 atom stereocenters. The minimum absolute atomic E-state index is 0.161. The molecule has 7 nitrogen and oxygen atoms in total. The van der Waals surface area contributed by atoms with Gasteiger partial charge in [0.05, 0.1) is 11.6 Å². The van der Waals surface area contributed by atoms with Crippen LogP contribution >= 0.6 is 0 Å². The summed E-state index contributed by atoms with van der Waals surface area (Å²) in [6.07, 6.45) is 5.43. The number of aromatic nitrogens is 3. The van der Waals surface area contributed by atoms with Crippen LogP contribution in [0.15, 0.2) is 54.7 Å².